The average Bonchev–Trinajstić information content (AvgIpc) is 3.56. The van der Waals surface area contributed by atoms with Crippen LogP contribution >= 0.6 is 0 Å². The van der Waals surface area contributed by atoms with Gasteiger partial charge in [0.2, 0.25) is 0 Å². The van der Waals surface area contributed by atoms with Crippen molar-refractivity contribution in [2.24, 2.45) is 18.7 Å². The fraction of sp³-hybridized carbons (Fsp3) is 0.444. The maximum Gasteiger partial charge on any atom is 0.254 e. The number of rotatable bonds is 6. The molecule has 9 nitrogen and oxygen atoms in total. The van der Waals surface area contributed by atoms with Crippen molar-refractivity contribution in [3.8, 4) is 17.3 Å². The number of imidazole rings is 1. The number of carbonyl (C=O) groups is 1. The number of aryl methyl sites for hydroxylation is 1. The number of hydrogen-bond acceptors (Lipinski definition) is 6. The van der Waals surface area contributed by atoms with Gasteiger partial charge in [-0.15, -0.1) is 0 Å². The van der Waals surface area contributed by atoms with E-state index in [-0.39, 0.29) is 24.6 Å². The van der Waals surface area contributed by atoms with E-state index in [1.54, 1.807) is 18.1 Å². The summed E-state index contributed by atoms with van der Waals surface area (Å²) in [6.45, 7) is 1.26. The van der Waals surface area contributed by atoms with Gasteiger partial charge < -0.3 is 29.6 Å². The van der Waals surface area contributed by atoms with Crippen molar-refractivity contribution in [2.45, 2.75) is 44.3 Å². The molecule has 2 fully saturated rings. The lowest BCUT2D eigenvalue weighted by Gasteiger charge is -2.37. The first-order valence-electron chi connectivity index (χ1n) is 12.6. The minimum absolute atomic E-state index is 0.0782. The summed E-state index contributed by atoms with van der Waals surface area (Å²) in [7, 11) is 3.59. The molecule has 1 aliphatic heterocycles. The Bertz CT molecular complexity index is 1450. The number of nitrogens with zero attached hydrogens (tertiary/aromatic N) is 5. The van der Waals surface area contributed by atoms with Gasteiger partial charge in [0.25, 0.3) is 5.91 Å². The summed E-state index contributed by atoms with van der Waals surface area (Å²) in [5.74, 6) is 1.90. The number of nitrogens with two attached hydrogens (primary N) is 1. The van der Waals surface area contributed by atoms with Gasteiger partial charge in [0.15, 0.2) is 5.82 Å². The van der Waals surface area contributed by atoms with E-state index in [9.17, 15) is 9.90 Å². The first kappa shape index (κ1) is 23.0. The Morgan fingerprint density at radius 2 is 2.06 bits per heavy atom. The van der Waals surface area contributed by atoms with Crippen LogP contribution in [0.15, 0.2) is 36.5 Å². The van der Waals surface area contributed by atoms with Crippen LogP contribution in [0, 0.1) is 5.92 Å². The number of ether oxygens (including phenoxy) is 1. The van der Waals surface area contributed by atoms with Gasteiger partial charge in [-0.25, -0.2) is 9.97 Å². The number of fused-ring (bicyclic) bond motifs is 2. The van der Waals surface area contributed by atoms with E-state index in [2.05, 4.69) is 21.7 Å². The molecule has 6 rings (SSSR count). The molecule has 0 unspecified atom stereocenters. The molecule has 3 N–H and O–H groups in total. The minimum atomic E-state index is -0.232. The Labute approximate surface area is 209 Å². The highest BCUT2D eigenvalue weighted by molar-refractivity contribution is 6.00. The first-order valence-corrected chi connectivity index (χ1v) is 12.6. The topological polar surface area (TPSA) is 111 Å². The van der Waals surface area contributed by atoms with Crippen molar-refractivity contribution in [1.29, 1.82) is 0 Å². The molecular weight excluding hydrogens is 456 g/mol. The number of likely N-dealkylation sites (tertiary alicyclic amines) is 1. The molecular formula is C27H32N6O3. The maximum absolute atomic E-state index is 13.5. The molecule has 3 aromatic heterocycles. The largest absolute Gasteiger partial charge is 0.494 e. The van der Waals surface area contributed by atoms with E-state index in [4.69, 9.17) is 15.5 Å². The van der Waals surface area contributed by atoms with E-state index in [0.717, 1.165) is 41.0 Å². The third-order valence-corrected chi connectivity index (χ3v) is 7.64. The van der Waals surface area contributed by atoms with E-state index in [0.29, 0.717) is 35.7 Å². The second-order valence-corrected chi connectivity index (χ2v) is 10.2. The molecule has 1 aliphatic carbocycles. The van der Waals surface area contributed by atoms with Crippen molar-refractivity contribution in [1.82, 2.24) is 24.0 Å². The molecule has 9 heteroatoms. The van der Waals surface area contributed by atoms with Gasteiger partial charge in [-0.2, -0.15) is 0 Å². The lowest BCUT2D eigenvalue weighted by Crippen LogP contribution is -2.52. The third kappa shape index (κ3) is 3.83. The molecule has 0 bridgehead atoms. The van der Waals surface area contributed by atoms with E-state index >= 15 is 0 Å². The summed E-state index contributed by atoms with van der Waals surface area (Å²) >= 11 is 0. The molecule has 36 heavy (non-hydrogen) atoms. The zero-order chi connectivity index (χ0) is 25.0. The molecule has 2 aliphatic rings. The van der Waals surface area contributed by atoms with Gasteiger partial charge in [-0.1, -0.05) is 0 Å². The number of aromatic nitrogens is 4. The molecule has 1 saturated heterocycles. The molecule has 1 saturated carbocycles. The molecule has 4 heterocycles. The molecule has 1 aromatic carbocycles. The second-order valence-electron chi connectivity index (χ2n) is 10.2. The van der Waals surface area contributed by atoms with Crippen LogP contribution in [-0.4, -0.2) is 67.4 Å². The molecule has 188 valence electrons. The summed E-state index contributed by atoms with van der Waals surface area (Å²) in [6.07, 6.45) is 5.80. The summed E-state index contributed by atoms with van der Waals surface area (Å²) in [6, 6.07) is 9.45. The van der Waals surface area contributed by atoms with E-state index in [1.807, 2.05) is 29.9 Å². The smallest absolute Gasteiger partial charge is 0.254 e. The first-order chi connectivity index (χ1) is 17.5. The molecule has 1 amide bonds. The lowest BCUT2D eigenvalue weighted by molar-refractivity contribution is 0.0472. The van der Waals surface area contributed by atoms with Crippen molar-refractivity contribution < 1.29 is 14.6 Å². The molecule has 2 atom stereocenters. The number of carbonyl (C=O) groups excluding carboxylic acids is 1. The third-order valence-electron chi connectivity index (χ3n) is 7.64. The Morgan fingerprint density at radius 3 is 2.81 bits per heavy atom. The average molecular weight is 489 g/mol. The van der Waals surface area contributed by atoms with Crippen molar-refractivity contribution in [3.63, 3.8) is 0 Å². The van der Waals surface area contributed by atoms with Crippen LogP contribution in [0.4, 0.5) is 0 Å². The highest BCUT2D eigenvalue weighted by Crippen LogP contribution is 2.37. The number of benzene rings is 1. The van der Waals surface area contributed by atoms with Gasteiger partial charge >= 0.3 is 0 Å². The van der Waals surface area contributed by atoms with Crippen LogP contribution in [0.2, 0.25) is 0 Å². The fourth-order valence-electron chi connectivity index (χ4n) is 5.49. The number of piperidine rings is 1. The Hall–Kier alpha value is -3.43. The van der Waals surface area contributed by atoms with Gasteiger partial charge in [0.1, 0.15) is 16.9 Å². The monoisotopic (exact) mass is 488 g/mol. The number of pyridine rings is 1. The van der Waals surface area contributed by atoms with Gasteiger partial charge in [0, 0.05) is 43.3 Å². The van der Waals surface area contributed by atoms with Crippen LogP contribution in [0.3, 0.4) is 0 Å². The van der Waals surface area contributed by atoms with Gasteiger partial charge in [0.05, 0.1) is 31.0 Å². The Kier molecular flexibility index (Phi) is 5.69. The second kappa shape index (κ2) is 8.90. The predicted octanol–water partition coefficient (Wildman–Crippen LogP) is 2.93. The van der Waals surface area contributed by atoms with Gasteiger partial charge in [-0.05, 0) is 61.9 Å². The zero-order valence-electron chi connectivity index (χ0n) is 20.7. The van der Waals surface area contributed by atoms with Crippen LogP contribution in [0.5, 0.6) is 5.75 Å². The normalized spacial score (nSPS) is 20.4. The zero-order valence-corrected chi connectivity index (χ0v) is 20.7. The number of methoxy groups -OCH3 is 1. The molecule has 4 aromatic rings. The highest BCUT2D eigenvalue weighted by atomic mass is 16.5. The number of aliphatic hydroxyl groups is 1. The van der Waals surface area contributed by atoms with Crippen LogP contribution in [0.1, 0.15) is 36.0 Å². The number of hydrogen-bond donors (Lipinski definition) is 2. The molecule has 0 radical (unpaired) electrons. The highest BCUT2D eigenvalue weighted by Gasteiger charge is 2.32. The summed E-state index contributed by atoms with van der Waals surface area (Å²) in [5, 5.41) is 10.9. The van der Waals surface area contributed by atoms with Crippen LogP contribution in [-0.2, 0) is 13.6 Å². The van der Waals surface area contributed by atoms with E-state index < -0.39 is 0 Å². The van der Waals surface area contributed by atoms with Crippen LogP contribution < -0.4 is 10.5 Å². The minimum Gasteiger partial charge on any atom is -0.494 e. The summed E-state index contributed by atoms with van der Waals surface area (Å²) < 4.78 is 10.1. The van der Waals surface area contributed by atoms with Crippen LogP contribution in [0.25, 0.3) is 33.6 Å². The van der Waals surface area contributed by atoms with E-state index in [1.165, 1.54) is 12.8 Å². The fourth-order valence-corrected chi connectivity index (χ4v) is 5.49. The van der Waals surface area contributed by atoms with Crippen molar-refractivity contribution in [2.75, 3.05) is 20.3 Å². The van der Waals surface area contributed by atoms with Gasteiger partial charge in [-0.3, -0.25) is 4.79 Å². The lowest BCUT2D eigenvalue weighted by atomic mass is 9.98. The molecule has 0 spiro atoms. The SMILES string of the molecule is COc1cc(C(=O)N2C[C@H](N)CC[C@@H]2CO)cc2nc(-c3cc4cccnc4n3CC3CC3)n(C)c12. The summed E-state index contributed by atoms with van der Waals surface area (Å²) in [4.78, 5) is 24.9. The maximum atomic E-state index is 13.5. The Morgan fingerprint density at radius 1 is 1.22 bits per heavy atom. The summed E-state index contributed by atoms with van der Waals surface area (Å²) in [5.41, 5.74) is 10.1. The van der Waals surface area contributed by atoms with Crippen molar-refractivity contribution in [3.05, 3.63) is 42.1 Å². The standard InChI is InChI=1S/C27H32N6O3/c1-31-24-21(10-18(12-23(24)36-2)27(35)32-14-19(28)7-8-20(32)15-34)30-26(31)22-11-17-4-3-9-29-25(17)33(22)13-16-5-6-16/h3-4,9-12,16,19-20,34H,5-8,13-15,28H2,1-2H3/t19-,20-/m1/s1. The number of aliphatic hydroxyl groups excluding tert-OH is 1. The van der Waals surface area contributed by atoms with Crippen molar-refractivity contribution >= 4 is 28.0 Å². The Balaban J connectivity index is 1.47. The predicted molar refractivity (Wildman–Crippen MR) is 138 cm³/mol. The number of amides is 1. The quantitative estimate of drug-likeness (QED) is 0.432.